The van der Waals surface area contributed by atoms with Crippen molar-refractivity contribution in [1.29, 1.82) is 0 Å². The first-order valence-corrected chi connectivity index (χ1v) is 6.75. The van der Waals surface area contributed by atoms with Gasteiger partial charge in [-0.2, -0.15) is 0 Å². The minimum Gasteiger partial charge on any atom is -0.336 e. The van der Waals surface area contributed by atoms with Gasteiger partial charge in [0.1, 0.15) is 0 Å². The Balaban J connectivity index is 0.00000400. The van der Waals surface area contributed by atoms with Crippen LogP contribution in [0.3, 0.4) is 0 Å². The molecular weight excluding hydrogens is 290 g/mol. The summed E-state index contributed by atoms with van der Waals surface area (Å²) in [5.41, 5.74) is 8.31. The number of nitrogens with one attached hydrogen (secondary N) is 1. The Kier molecular flexibility index (Phi) is 8.66. The van der Waals surface area contributed by atoms with Crippen LogP contribution in [0.1, 0.15) is 24.0 Å². The van der Waals surface area contributed by atoms with Crippen molar-refractivity contribution in [1.82, 2.24) is 4.90 Å². The summed E-state index contributed by atoms with van der Waals surface area (Å²) in [6, 6.07) is 5.75. The molecule has 0 saturated heterocycles. The van der Waals surface area contributed by atoms with Gasteiger partial charge < -0.3 is 16.0 Å². The fraction of sp³-hybridized carbons (Fsp3) is 0.467. The highest BCUT2D eigenvalue weighted by atomic mass is 35.5. The molecular formula is C15H24ClN3O2. The number of carbonyl (C=O) groups is 2. The maximum Gasteiger partial charge on any atom is 0.243 e. The lowest BCUT2D eigenvalue weighted by molar-refractivity contribution is -0.133. The van der Waals surface area contributed by atoms with Gasteiger partial charge in [0, 0.05) is 19.2 Å². The predicted molar refractivity (Wildman–Crippen MR) is 87.7 cm³/mol. The highest BCUT2D eigenvalue weighted by molar-refractivity contribution is 5.95. The van der Waals surface area contributed by atoms with Gasteiger partial charge in [-0.15, -0.1) is 12.4 Å². The van der Waals surface area contributed by atoms with E-state index in [1.807, 2.05) is 32.0 Å². The Morgan fingerprint density at radius 3 is 2.57 bits per heavy atom. The zero-order chi connectivity index (χ0) is 15.1. The Morgan fingerprint density at radius 1 is 1.29 bits per heavy atom. The molecule has 0 aliphatic carbocycles. The Labute approximate surface area is 132 Å². The quantitative estimate of drug-likeness (QED) is 0.841. The maximum atomic E-state index is 11.9. The van der Waals surface area contributed by atoms with Gasteiger partial charge in [-0.05, 0) is 44.0 Å². The molecule has 1 rings (SSSR count). The third kappa shape index (κ3) is 6.14. The number of benzene rings is 1. The number of likely N-dealkylation sites (N-methyl/N-ethyl adjacent to an activating group) is 1. The Morgan fingerprint density at radius 2 is 1.95 bits per heavy atom. The molecule has 0 aliphatic heterocycles. The minimum atomic E-state index is -0.192. The molecule has 0 unspecified atom stereocenters. The van der Waals surface area contributed by atoms with E-state index < -0.39 is 0 Å². The van der Waals surface area contributed by atoms with Crippen molar-refractivity contribution in [3.63, 3.8) is 0 Å². The largest absolute Gasteiger partial charge is 0.336 e. The Hall–Kier alpha value is -1.59. The molecule has 0 saturated carbocycles. The Bertz CT molecular complexity index is 492. The molecule has 0 heterocycles. The van der Waals surface area contributed by atoms with Crippen LogP contribution in [-0.4, -0.2) is 36.9 Å². The fourth-order valence-electron chi connectivity index (χ4n) is 1.82. The second kappa shape index (κ2) is 9.37. The smallest absolute Gasteiger partial charge is 0.243 e. The van der Waals surface area contributed by atoms with Gasteiger partial charge in [-0.1, -0.05) is 12.1 Å². The normalized spacial score (nSPS) is 9.71. The van der Waals surface area contributed by atoms with Crippen LogP contribution in [0.2, 0.25) is 0 Å². The van der Waals surface area contributed by atoms with Crippen LogP contribution in [0, 0.1) is 13.8 Å². The standard InChI is InChI=1S/C15H23N3O2.ClH/c1-11-6-4-7-13(12(11)2)17-14(19)10-18(3)15(20)8-5-9-16;/h4,6-7H,5,8-10,16H2,1-3H3,(H,17,19);1H. The number of hydrogen-bond acceptors (Lipinski definition) is 3. The fourth-order valence-corrected chi connectivity index (χ4v) is 1.82. The molecule has 5 nitrogen and oxygen atoms in total. The lowest BCUT2D eigenvalue weighted by atomic mass is 10.1. The van der Waals surface area contributed by atoms with Gasteiger partial charge in [0.2, 0.25) is 11.8 Å². The number of halogens is 1. The van der Waals surface area contributed by atoms with Gasteiger partial charge in [0.15, 0.2) is 0 Å². The van der Waals surface area contributed by atoms with Crippen molar-refractivity contribution in [3.05, 3.63) is 29.3 Å². The average molecular weight is 314 g/mol. The lowest BCUT2D eigenvalue weighted by Gasteiger charge is -2.17. The topological polar surface area (TPSA) is 75.4 Å². The van der Waals surface area contributed by atoms with E-state index in [1.54, 1.807) is 7.05 Å². The predicted octanol–water partition coefficient (Wildman–Crippen LogP) is 1.86. The lowest BCUT2D eigenvalue weighted by Crippen LogP contribution is -2.35. The molecule has 0 aromatic heterocycles. The van der Waals surface area contributed by atoms with Crippen LogP contribution in [0.5, 0.6) is 0 Å². The van der Waals surface area contributed by atoms with Crippen molar-refractivity contribution in [2.75, 3.05) is 25.5 Å². The van der Waals surface area contributed by atoms with Crippen LogP contribution in [0.4, 0.5) is 5.69 Å². The molecule has 118 valence electrons. The third-order valence-corrected chi connectivity index (χ3v) is 3.28. The number of nitrogens with zero attached hydrogens (tertiary/aromatic N) is 1. The number of hydrogen-bond donors (Lipinski definition) is 2. The monoisotopic (exact) mass is 313 g/mol. The van der Waals surface area contributed by atoms with Gasteiger partial charge in [0.25, 0.3) is 0 Å². The van der Waals surface area contributed by atoms with Crippen molar-refractivity contribution in [2.24, 2.45) is 5.73 Å². The zero-order valence-corrected chi connectivity index (χ0v) is 13.6. The third-order valence-electron chi connectivity index (χ3n) is 3.28. The summed E-state index contributed by atoms with van der Waals surface area (Å²) < 4.78 is 0. The molecule has 6 heteroatoms. The summed E-state index contributed by atoms with van der Waals surface area (Å²) >= 11 is 0. The highest BCUT2D eigenvalue weighted by Gasteiger charge is 2.13. The van der Waals surface area contributed by atoms with E-state index in [1.165, 1.54) is 4.90 Å². The summed E-state index contributed by atoms with van der Waals surface area (Å²) in [4.78, 5) is 25.1. The summed E-state index contributed by atoms with van der Waals surface area (Å²) in [7, 11) is 1.63. The molecule has 0 fully saturated rings. The van der Waals surface area contributed by atoms with Crippen LogP contribution < -0.4 is 11.1 Å². The van der Waals surface area contributed by atoms with Gasteiger partial charge >= 0.3 is 0 Å². The second-order valence-corrected chi connectivity index (χ2v) is 4.94. The number of nitrogens with two attached hydrogens (primary N) is 1. The van der Waals surface area contributed by atoms with Crippen LogP contribution >= 0.6 is 12.4 Å². The average Bonchev–Trinajstić information content (AvgIpc) is 2.41. The maximum absolute atomic E-state index is 11.9. The van der Waals surface area contributed by atoms with Crippen molar-refractivity contribution in [2.45, 2.75) is 26.7 Å². The molecule has 2 amide bonds. The van der Waals surface area contributed by atoms with Gasteiger partial charge in [-0.3, -0.25) is 9.59 Å². The van der Waals surface area contributed by atoms with Crippen LogP contribution in [-0.2, 0) is 9.59 Å². The minimum absolute atomic E-state index is 0. The van der Waals surface area contributed by atoms with Crippen molar-refractivity contribution < 1.29 is 9.59 Å². The first-order valence-electron chi connectivity index (χ1n) is 6.75. The van der Waals surface area contributed by atoms with E-state index in [-0.39, 0.29) is 30.8 Å². The van der Waals surface area contributed by atoms with E-state index in [4.69, 9.17) is 5.73 Å². The molecule has 0 spiro atoms. The first kappa shape index (κ1) is 19.4. The van der Waals surface area contributed by atoms with Crippen molar-refractivity contribution in [3.8, 4) is 0 Å². The van der Waals surface area contributed by atoms with E-state index in [0.717, 1.165) is 16.8 Å². The molecule has 1 aromatic carbocycles. The molecule has 0 bridgehead atoms. The molecule has 21 heavy (non-hydrogen) atoms. The van der Waals surface area contributed by atoms with Crippen molar-refractivity contribution >= 4 is 29.9 Å². The van der Waals surface area contributed by atoms with Gasteiger partial charge in [0.05, 0.1) is 6.54 Å². The van der Waals surface area contributed by atoms with E-state index in [9.17, 15) is 9.59 Å². The number of carbonyl (C=O) groups excluding carboxylic acids is 2. The second-order valence-electron chi connectivity index (χ2n) is 4.94. The number of anilines is 1. The van der Waals surface area contributed by atoms with Crippen LogP contribution in [0.15, 0.2) is 18.2 Å². The van der Waals surface area contributed by atoms with Crippen LogP contribution in [0.25, 0.3) is 0 Å². The molecule has 0 aliphatic rings. The van der Waals surface area contributed by atoms with E-state index in [0.29, 0.717) is 19.4 Å². The van der Waals surface area contributed by atoms with Gasteiger partial charge in [-0.25, -0.2) is 0 Å². The summed E-state index contributed by atoms with van der Waals surface area (Å²) in [5, 5.41) is 2.84. The SMILES string of the molecule is Cc1cccc(NC(=O)CN(C)C(=O)CCCN)c1C.Cl. The summed E-state index contributed by atoms with van der Waals surface area (Å²) in [6.07, 6.45) is 1.02. The molecule has 0 atom stereocenters. The van der Waals surface area contributed by atoms with E-state index in [2.05, 4.69) is 5.32 Å². The number of amides is 2. The van der Waals surface area contributed by atoms with E-state index >= 15 is 0 Å². The molecule has 3 N–H and O–H groups in total. The molecule has 1 aromatic rings. The number of aryl methyl sites for hydroxylation is 1. The summed E-state index contributed by atoms with van der Waals surface area (Å²) in [6.45, 7) is 4.49. The zero-order valence-electron chi connectivity index (χ0n) is 12.8. The number of rotatable bonds is 6. The first-order chi connectivity index (χ1) is 9.45. The molecule has 0 radical (unpaired) electrons. The summed E-state index contributed by atoms with van der Waals surface area (Å²) in [5.74, 6) is -0.256. The highest BCUT2D eigenvalue weighted by Crippen LogP contribution is 2.17.